The highest BCUT2D eigenvalue weighted by Crippen LogP contribution is 2.21. The lowest BCUT2D eigenvalue weighted by atomic mass is 9.89. The van der Waals surface area contributed by atoms with E-state index in [-0.39, 0.29) is 17.6 Å². The number of aliphatic hydroxyl groups is 1. The monoisotopic (exact) mass is 212 g/mol. The Bertz CT molecular complexity index is 216. The lowest BCUT2D eigenvalue weighted by molar-refractivity contribution is 0.188. The van der Waals surface area contributed by atoms with Crippen LogP contribution in [-0.2, 0) is 0 Å². The highest BCUT2D eigenvalue weighted by Gasteiger charge is 2.17. The van der Waals surface area contributed by atoms with Gasteiger partial charge in [0.2, 0.25) is 0 Å². The highest BCUT2D eigenvalue weighted by molar-refractivity contribution is 4.91. The van der Waals surface area contributed by atoms with Crippen LogP contribution >= 0.6 is 0 Å². The Morgan fingerprint density at radius 3 is 2.27 bits per heavy atom. The first kappa shape index (κ1) is 14.4. The Morgan fingerprint density at radius 1 is 1.20 bits per heavy atom. The maximum absolute atomic E-state index is 9.01. The third kappa shape index (κ3) is 7.35. The van der Waals surface area contributed by atoms with Crippen molar-refractivity contribution in [3.63, 3.8) is 0 Å². The van der Waals surface area contributed by atoms with Gasteiger partial charge in [-0.3, -0.25) is 0 Å². The molecule has 2 N–H and O–H groups in total. The lowest BCUT2D eigenvalue weighted by Crippen LogP contribution is -2.43. The molecule has 0 heterocycles. The molecule has 0 amide bonds. The molecule has 3 heteroatoms. The topological polar surface area (TPSA) is 56.0 Å². The number of hydrogen-bond donors (Lipinski definition) is 2. The number of nitrogens with one attached hydrogen (secondary N) is 1. The Labute approximate surface area is 93.5 Å². The van der Waals surface area contributed by atoms with Crippen LogP contribution in [0.25, 0.3) is 0 Å². The summed E-state index contributed by atoms with van der Waals surface area (Å²) in [4.78, 5) is 0. The summed E-state index contributed by atoms with van der Waals surface area (Å²) in [6.07, 6.45) is 3.04. The van der Waals surface area contributed by atoms with Gasteiger partial charge in [0.05, 0.1) is 18.1 Å². The van der Waals surface area contributed by atoms with E-state index in [2.05, 4.69) is 11.4 Å². The highest BCUT2D eigenvalue weighted by atomic mass is 16.3. The number of rotatable bonds is 7. The molecule has 0 aromatic carbocycles. The molecule has 0 radical (unpaired) electrons. The van der Waals surface area contributed by atoms with Crippen molar-refractivity contribution in [3.8, 4) is 6.07 Å². The summed E-state index contributed by atoms with van der Waals surface area (Å²) in [5.41, 5.74) is -0.392. The van der Waals surface area contributed by atoms with Crippen LogP contribution < -0.4 is 5.32 Å². The number of unbranched alkanes of at least 4 members (excludes halogenated alkanes) is 1. The van der Waals surface area contributed by atoms with Crippen LogP contribution in [0.3, 0.4) is 0 Å². The van der Waals surface area contributed by atoms with Crippen LogP contribution in [0.2, 0.25) is 0 Å². The van der Waals surface area contributed by atoms with Crippen molar-refractivity contribution in [3.05, 3.63) is 0 Å². The first-order valence-corrected chi connectivity index (χ1v) is 5.60. The zero-order chi connectivity index (χ0) is 11.9. The fourth-order valence-electron chi connectivity index (χ4n) is 1.23. The molecule has 0 rings (SSSR count). The molecule has 0 saturated carbocycles. The molecule has 0 bridgehead atoms. The van der Waals surface area contributed by atoms with Crippen LogP contribution in [0.1, 0.15) is 47.0 Å². The Balaban J connectivity index is 3.54. The molecular formula is C12H24N2O. The lowest BCUT2D eigenvalue weighted by Gasteiger charge is -2.23. The molecule has 0 unspecified atom stereocenters. The second-order valence-corrected chi connectivity index (χ2v) is 5.42. The summed E-state index contributed by atoms with van der Waals surface area (Å²) >= 11 is 0. The maximum Gasteiger partial charge on any atom is 0.0683 e. The van der Waals surface area contributed by atoms with Crippen LogP contribution in [0, 0.1) is 16.7 Å². The molecule has 0 atom stereocenters. The van der Waals surface area contributed by atoms with Gasteiger partial charge in [0.25, 0.3) is 0 Å². The van der Waals surface area contributed by atoms with Gasteiger partial charge in [0.15, 0.2) is 0 Å². The Morgan fingerprint density at radius 2 is 1.80 bits per heavy atom. The average Bonchev–Trinajstić information content (AvgIpc) is 2.17. The summed E-state index contributed by atoms with van der Waals surface area (Å²) in [6, 6.07) is 2.30. The van der Waals surface area contributed by atoms with Gasteiger partial charge >= 0.3 is 0 Å². The minimum atomic E-state index is -0.202. The van der Waals surface area contributed by atoms with Crippen molar-refractivity contribution in [2.75, 3.05) is 13.2 Å². The molecule has 0 aliphatic heterocycles. The van der Waals surface area contributed by atoms with E-state index in [1.807, 2.05) is 27.7 Å². The zero-order valence-corrected chi connectivity index (χ0v) is 10.4. The van der Waals surface area contributed by atoms with Gasteiger partial charge < -0.3 is 10.4 Å². The van der Waals surface area contributed by atoms with E-state index >= 15 is 0 Å². The molecular weight excluding hydrogens is 188 g/mol. The fourth-order valence-corrected chi connectivity index (χ4v) is 1.23. The summed E-state index contributed by atoms with van der Waals surface area (Å²) in [6.45, 7) is 8.94. The van der Waals surface area contributed by atoms with Crippen molar-refractivity contribution in [2.24, 2.45) is 5.41 Å². The molecule has 88 valence electrons. The standard InChI is InChI=1S/C12H24N2O/c1-11(2,9-13)7-5-6-8-14-12(3,4)10-15/h14-15H,5-8,10H2,1-4H3. The van der Waals surface area contributed by atoms with Crippen LogP contribution in [0.4, 0.5) is 0 Å². The van der Waals surface area contributed by atoms with E-state index in [0.717, 1.165) is 25.8 Å². The first-order valence-electron chi connectivity index (χ1n) is 5.60. The van der Waals surface area contributed by atoms with Gasteiger partial charge in [-0.15, -0.1) is 0 Å². The van der Waals surface area contributed by atoms with Gasteiger partial charge in [0.1, 0.15) is 0 Å². The van der Waals surface area contributed by atoms with E-state index in [1.54, 1.807) is 0 Å². The van der Waals surface area contributed by atoms with E-state index in [1.165, 1.54) is 0 Å². The molecule has 0 spiro atoms. The number of aliphatic hydroxyl groups excluding tert-OH is 1. The largest absolute Gasteiger partial charge is 0.394 e. The van der Waals surface area contributed by atoms with Crippen LogP contribution in [0.5, 0.6) is 0 Å². The SMILES string of the molecule is CC(C)(C#N)CCCCNC(C)(C)CO. The number of hydrogen-bond acceptors (Lipinski definition) is 3. The van der Waals surface area contributed by atoms with Gasteiger partial charge in [-0.25, -0.2) is 0 Å². The van der Waals surface area contributed by atoms with Crippen molar-refractivity contribution in [1.29, 1.82) is 5.26 Å². The predicted molar refractivity (Wildman–Crippen MR) is 62.4 cm³/mol. The smallest absolute Gasteiger partial charge is 0.0683 e. The number of nitrogens with zero attached hydrogens (tertiary/aromatic N) is 1. The normalized spacial score (nSPS) is 12.5. The minimum absolute atomic E-state index is 0.149. The van der Waals surface area contributed by atoms with Gasteiger partial charge in [-0.05, 0) is 47.1 Å². The molecule has 0 saturated heterocycles. The Kier molecular flexibility index (Phi) is 5.85. The summed E-state index contributed by atoms with van der Waals surface area (Å²) in [5, 5.41) is 21.1. The van der Waals surface area contributed by atoms with Crippen molar-refractivity contribution in [1.82, 2.24) is 5.32 Å². The second-order valence-electron chi connectivity index (χ2n) is 5.42. The van der Waals surface area contributed by atoms with E-state index in [9.17, 15) is 0 Å². The van der Waals surface area contributed by atoms with Gasteiger partial charge in [-0.1, -0.05) is 6.42 Å². The fraction of sp³-hybridized carbons (Fsp3) is 0.917. The third-order valence-electron chi connectivity index (χ3n) is 2.53. The van der Waals surface area contributed by atoms with Crippen LogP contribution in [0.15, 0.2) is 0 Å². The van der Waals surface area contributed by atoms with E-state index in [0.29, 0.717) is 0 Å². The molecule has 0 aliphatic rings. The third-order valence-corrected chi connectivity index (χ3v) is 2.53. The van der Waals surface area contributed by atoms with Crippen molar-refractivity contribution < 1.29 is 5.11 Å². The summed E-state index contributed by atoms with van der Waals surface area (Å²) in [7, 11) is 0. The maximum atomic E-state index is 9.01. The minimum Gasteiger partial charge on any atom is -0.394 e. The first-order chi connectivity index (χ1) is 6.83. The summed E-state index contributed by atoms with van der Waals surface area (Å²) in [5.74, 6) is 0. The number of nitriles is 1. The van der Waals surface area contributed by atoms with Crippen molar-refractivity contribution in [2.45, 2.75) is 52.5 Å². The zero-order valence-electron chi connectivity index (χ0n) is 10.4. The van der Waals surface area contributed by atoms with Gasteiger partial charge in [-0.2, -0.15) is 5.26 Å². The molecule has 0 fully saturated rings. The molecule has 0 aromatic heterocycles. The van der Waals surface area contributed by atoms with E-state index in [4.69, 9.17) is 10.4 Å². The molecule has 3 nitrogen and oxygen atoms in total. The summed E-state index contributed by atoms with van der Waals surface area (Å²) < 4.78 is 0. The predicted octanol–water partition coefficient (Wildman–Crippen LogP) is 2.07. The Hall–Kier alpha value is -0.590. The van der Waals surface area contributed by atoms with Gasteiger partial charge in [0, 0.05) is 5.54 Å². The molecule has 0 aromatic rings. The van der Waals surface area contributed by atoms with Crippen LogP contribution in [-0.4, -0.2) is 23.8 Å². The second kappa shape index (κ2) is 6.09. The molecule has 15 heavy (non-hydrogen) atoms. The molecule has 0 aliphatic carbocycles. The average molecular weight is 212 g/mol. The quantitative estimate of drug-likeness (QED) is 0.635. The van der Waals surface area contributed by atoms with Crippen molar-refractivity contribution >= 4 is 0 Å². The van der Waals surface area contributed by atoms with E-state index < -0.39 is 0 Å².